The molecule has 0 aliphatic carbocycles. The van der Waals surface area contributed by atoms with Crippen molar-refractivity contribution in [1.82, 2.24) is 0 Å². The molecule has 0 amide bonds. The van der Waals surface area contributed by atoms with Crippen LogP contribution in [-0.4, -0.2) is 69.0 Å². The van der Waals surface area contributed by atoms with Crippen molar-refractivity contribution in [3.05, 3.63) is 0 Å². The first kappa shape index (κ1) is 28.2. The Bertz CT molecular complexity index is 8.00. The van der Waals surface area contributed by atoms with E-state index in [2.05, 4.69) is 0 Å². The van der Waals surface area contributed by atoms with Crippen LogP contribution in [0, 0.1) is 0 Å². The Labute approximate surface area is 90.3 Å². The minimum Gasteiger partial charge on any atom is -0.197 e. The summed E-state index contributed by atoms with van der Waals surface area (Å²) in [5, 5.41) is 0. The largest absolute Gasteiger partial charge is 0.197 e. The van der Waals surface area contributed by atoms with Gasteiger partial charge >= 0.3 is 0 Å². The minimum atomic E-state index is 0. The predicted octanol–water partition coefficient (Wildman–Crippen LogP) is -0.591. The van der Waals surface area contributed by atoms with Crippen LogP contribution >= 0.6 is 23.4 Å². The molecule has 0 nitrogen and oxygen atoms in total. The molecular formula is H5GeKPS. The van der Waals surface area contributed by atoms with E-state index in [-0.39, 0.29) is 92.4 Å². The number of hydrogen-bond acceptors (Lipinski definition) is 0. The SMILES string of the molecule is P.S.[Ge].[K]. The molecule has 0 aromatic carbocycles. The van der Waals surface area contributed by atoms with Crippen molar-refractivity contribution in [2.45, 2.75) is 0 Å². The Kier molecular flexibility index (Phi) is 118. The summed E-state index contributed by atoms with van der Waals surface area (Å²) in [7, 11) is 0. The van der Waals surface area contributed by atoms with Crippen molar-refractivity contribution in [2.24, 2.45) is 0 Å². The molecule has 0 bridgehead atoms. The third kappa shape index (κ3) is 8.88. The molecule has 4 heteroatoms. The van der Waals surface area contributed by atoms with E-state index in [1.165, 1.54) is 0 Å². The van der Waals surface area contributed by atoms with Gasteiger partial charge < -0.3 is 0 Å². The molecule has 4 heavy (non-hydrogen) atoms. The zero-order chi connectivity index (χ0) is 0. The van der Waals surface area contributed by atoms with E-state index in [0.717, 1.165) is 0 Å². The zero-order valence-corrected chi connectivity index (χ0v) is 10.3. The maximum absolute atomic E-state index is 0. The molecule has 0 fully saturated rings. The van der Waals surface area contributed by atoms with Gasteiger partial charge in [0.2, 0.25) is 0 Å². The van der Waals surface area contributed by atoms with Crippen LogP contribution in [0.15, 0.2) is 0 Å². The maximum atomic E-state index is 0. The zero-order valence-electron chi connectivity index (χ0n) is 2.71. The van der Waals surface area contributed by atoms with Crippen LogP contribution in [-0.2, 0) is 0 Å². The number of rotatable bonds is 0. The van der Waals surface area contributed by atoms with Gasteiger partial charge in [-0.3, -0.25) is 0 Å². The Balaban J connectivity index is 0. The second-order valence-electron chi connectivity index (χ2n) is 0. The molecule has 0 rings (SSSR count). The van der Waals surface area contributed by atoms with Gasteiger partial charge in [0, 0.05) is 69.0 Å². The Hall–Kier alpha value is 2.96. The van der Waals surface area contributed by atoms with Crippen LogP contribution in [0.1, 0.15) is 0 Å². The van der Waals surface area contributed by atoms with Crippen LogP contribution in [0.5, 0.6) is 0 Å². The van der Waals surface area contributed by atoms with Crippen LogP contribution < -0.4 is 0 Å². The topological polar surface area (TPSA) is 0 Å². The quantitative estimate of drug-likeness (QED) is 0.345. The fourth-order valence-electron chi connectivity index (χ4n) is 0. The third-order valence-electron chi connectivity index (χ3n) is 0. The molecule has 0 aromatic heterocycles. The average Bonchev–Trinajstić information content (AvgIpc) is 0. The van der Waals surface area contributed by atoms with Gasteiger partial charge in [0.1, 0.15) is 0 Å². The van der Waals surface area contributed by atoms with E-state index < -0.39 is 0 Å². The molecule has 1 unspecified atom stereocenters. The van der Waals surface area contributed by atoms with Crippen molar-refractivity contribution in [3.8, 4) is 0 Å². The molecule has 0 aliphatic rings. The van der Waals surface area contributed by atoms with Gasteiger partial charge in [-0.05, 0) is 0 Å². The van der Waals surface area contributed by atoms with Gasteiger partial charge in [-0.15, -0.1) is 0 Å². The molecule has 0 spiro atoms. The van der Waals surface area contributed by atoms with Crippen LogP contribution in [0.3, 0.4) is 0 Å². The first-order valence-corrected chi connectivity index (χ1v) is 0. The van der Waals surface area contributed by atoms with Crippen molar-refractivity contribution in [2.75, 3.05) is 0 Å². The number of hydrogen-bond donors (Lipinski definition) is 0. The van der Waals surface area contributed by atoms with Gasteiger partial charge in [-0.25, -0.2) is 0 Å². The summed E-state index contributed by atoms with van der Waals surface area (Å²) in [4.78, 5) is 0. The van der Waals surface area contributed by atoms with Gasteiger partial charge in [-0.1, -0.05) is 0 Å². The Morgan fingerprint density at radius 1 is 1.00 bits per heavy atom. The summed E-state index contributed by atoms with van der Waals surface area (Å²) >= 11 is 0. The second-order valence-corrected chi connectivity index (χ2v) is 0. The smallest absolute Gasteiger partial charge is 0 e. The average molecular weight is 180 g/mol. The van der Waals surface area contributed by atoms with Crippen molar-refractivity contribution >= 4 is 92.4 Å². The minimum absolute atomic E-state index is 0. The van der Waals surface area contributed by atoms with E-state index in [9.17, 15) is 0 Å². The second kappa shape index (κ2) is 16.7. The molecule has 0 saturated carbocycles. The summed E-state index contributed by atoms with van der Waals surface area (Å²) in [5.74, 6) is 0. The van der Waals surface area contributed by atoms with E-state index in [0.29, 0.717) is 0 Å². The Morgan fingerprint density at radius 2 is 1.00 bits per heavy atom. The summed E-state index contributed by atoms with van der Waals surface area (Å²) < 4.78 is 0. The monoisotopic (exact) mass is 181 g/mol. The van der Waals surface area contributed by atoms with Crippen LogP contribution in [0.4, 0.5) is 0 Å². The molecule has 0 saturated heterocycles. The molecule has 0 heterocycles. The van der Waals surface area contributed by atoms with E-state index in [4.69, 9.17) is 0 Å². The summed E-state index contributed by atoms with van der Waals surface area (Å²) in [5.41, 5.74) is 0. The van der Waals surface area contributed by atoms with E-state index in [1.54, 1.807) is 0 Å². The predicted molar refractivity (Wildman–Crippen MR) is 33.0 cm³/mol. The van der Waals surface area contributed by atoms with Gasteiger partial charge in [0.05, 0.1) is 0 Å². The summed E-state index contributed by atoms with van der Waals surface area (Å²) in [6.45, 7) is 0. The van der Waals surface area contributed by atoms with Crippen LogP contribution in [0.25, 0.3) is 0 Å². The van der Waals surface area contributed by atoms with Gasteiger partial charge in [-0.2, -0.15) is 23.4 Å². The fourth-order valence-corrected chi connectivity index (χ4v) is 0. The van der Waals surface area contributed by atoms with Crippen molar-refractivity contribution in [3.63, 3.8) is 0 Å². The first-order valence-electron chi connectivity index (χ1n) is 0. The molecule has 0 aliphatic heterocycles. The molecule has 0 N–H and O–H groups in total. The third-order valence-corrected chi connectivity index (χ3v) is 0. The molecular weight excluding hydrogens is 175 g/mol. The first-order chi connectivity index (χ1) is 0. The fraction of sp³-hybridized carbons (Fsp3) is 0. The Morgan fingerprint density at radius 3 is 1.00 bits per heavy atom. The van der Waals surface area contributed by atoms with Crippen molar-refractivity contribution in [1.29, 1.82) is 0 Å². The standard InChI is InChI=1S/Ge.K.H3P.H2S/h;;1H3;1H2. The summed E-state index contributed by atoms with van der Waals surface area (Å²) in [6.07, 6.45) is 0. The maximum Gasteiger partial charge on any atom is 0 e. The molecule has 5 radical (unpaired) electrons. The van der Waals surface area contributed by atoms with Gasteiger partial charge in [0.15, 0.2) is 0 Å². The van der Waals surface area contributed by atoms with Crippen molar-refractivity contribution < 1.29 is 0 Å². The molecule has 1 atom stereocenters. The van der Waals surface area contributed by atoms with Gasteiger partial charge in [0.25, 0.3) is 0 Å². The molecule has 0 aromatic rings. The van der Waals surface area contributed by atoms with E-state index in [1.807, 2.05) is 0 Å². The summed E-state index contributed by atoms with van der Waals surface area (Å²) in [6, 6.07) is 0. The van der Waals surface area contributed by atoms with Crippen LogP contribution in [0.2, 0.25) is 0 Å². The molecule has 21 valence electrons. The normalized spacial score (nSPS) is 0. The van der Waals surface area contributed by atoms with E-state index >= 15 is 0 Å².